The van der Waals surface area contributed by atoms with Crippen LogP contribution < -0.4 is 19.1 Å². The van der Waals surface area contributed by atoms with Crippen molar-refractivity contribution in [3.05, 3.63) is 81.9 Å². The highest BCUT2D eigenvalue weighted by molar-refractivity contribution is 5.99. The van der Waals surface area contributed by atoms with E-state index in [0.717, 1.165) is 11.1 Å². The van der Waals surface area contributed by atoms with E-state index in [4.69, 9.17) is 56.8 Å². The number of hydrogen-bond donors (Lipinski definition) is 0. The molecule has 3 aromatic rings. The van der Waals surface area contributed by atoms with Crippen molar-refractivity contribution in [2.75, 3.05) is 97.8 Å². The number of hydrogen-bond acceptors (Lipinski definition) is 18. The van der Waals surface area contributed by atoms with Crippen molar-refractivity contribution in [1.29, 1.82) is 0 Å². The molecular weight excluding hydrogens is 814 g/mol. The summed E-state index contributed by atoms with van der Waals surface area (Å²) in [5, 5.41) is 0. The summed E-state index contributed by atoms with van der Waals surface area (Å²) in [7, 11) is 0. The third-order valence-corrected chi connectivity index (χ3v) is 10.3. The molecule has 0 aromatic heterocycles. The van der Waals surface area contributed by atoms with Gasteiger partial charge in [-0.2, -0.15) is 0 Å². The Labute approximate surface area is 358 Å². The molecule has 1 spiro atoms. The summed E-state index contributed by atoms with van der Waals surface area (Å²) in [4.78, 5) is 63.7. The maximum Gasteiger partial charge on any atom is 0.340 e. The van der Waals surface area contributed by atoms with E-state index in [2.05, 4.69) is 0 Å². The summed E-state index contributed by atoms with van der Waals surface area (Å²) in [6.45, 7) is 8.71. The van der Waals surface area contributed by atoms with E-state index < -0.39 is 47.7 Å². The Morgan fingerprint density at radius 1 is 0.597 bits per heavy atom. The molecule has 62 heavy (non-hydrogen) atoms. The number of rotatable bonds is 10. The molecule has 0 fully saturated rings. The number of ether oxygens (including phenoxy) is 12. The second-order valence-electron chi connectivity index (χ2n) is 14.8. The van der Waals surface area contributed by atoms with E-state index in [1.54, 1.807) is 29.2 Å². The maximum atomic E-state index is 14.4. The Morgan fingerprint density at radius 3 is 1.63 bits per heavy atom. The van der Waals surface area contributed by atoms with Gasteiger partial charge in [-0.3, -0.25) is 19.2 Å². The molecule has 3 aliphatic rings. The van der Waals surface area contributed by atoms with Crippen LogP contribution in [0.25, 0.3) is 0 Å². The van der Waals surface area contributed by atoms with Gasteiger partial charge in [0.05, 0.1) is 64.1 Å². The van der Waals surface area contributed by atoms with Crippen LogP contribution in [0.3, 0.4) is 0 Å². The van der Waals surface area contributed by atoms with Gasteiger partial charge in [0.15, 0.2) is 5.60 Å². The van der Waals surface area contributed by atoms with Gasteiger partial charge >= 0.3 is 29.8 Å². The fourth-order valence-electron chi connectivity index (χ4n) is 7.38. The molecule has 0 unspecified atom stereocenters. The molecule has 0 atom stereocenters. The van der Waals surface area contributed by atoms with Crippen molar-refractivity contribution in [2.24, 2.45) is 0 Å². The first kappa shape index (κ1) is 45.6. The van der Waals surface area contributed by atoms with Crippen LogP contribution in [-0.4, -0.2) is 123 Å². The minimum atomic E-state index is -1.55. The van der Waals surface area contributed by atoms with E-state index in [1.165, 1.54) is 20.8 Å². The predicted molar refractivity (Wildman–Crippen MR) is 215 cm³/mol. The zero-order valence-corrected chi connectivity index (χ0v) is 35.4. The lowest BCUT2D eigenvalue weighted by atomic mass is 9.61. The highest BCUT2D eigenvalue weighted by Crippen LogP contribution is 2.58. The molecule has 0 radical (unpaired) electrons. The van der Waals surface area contributed by atoms with Crippen LogP contribution in [0.5, 0.6) is 17.2 Å². The van der Waals surface area contributed by atoms with Crippen LogP contribution >= 0.6 is 0 Å². The maximum absolute atomic E-state index is 14.4. The number of anilines is 1. The second kappa shape index (κ2) is 20.7. The lowest BCUT2D eigenvalue weighted by molar-refractivity contribution is -0.164. The van der Waals surface area contributed by atoms with Gasteiger partial charge in [0.2, 0.25) is 20.4 Å². The molecule has 2 aliphatic heterocycles. The lowest BCUT2D eigenvalue weighted by Gasteiger charge is -2.44. The Balaban J connectivity index is 1.49. The van der Waals surface area contributed by atoms with Gasteiger partial charge < -0.3 is 61.7 Å². The Hall–Kier alpha value is -5.95. The second-order valence-corrected chi connectivity index (χ2v) is 14.8. The molecule has 0 bridgehead atoms. The number of carbonyl (C=O) groups is 5. The summed E-state index contributed by atoms with van der Waals surface area (Å²) in [6, 6.07) is 14.0. The number of fused-ring (bicyclic) bond motifs is 7. The first-order valence-electron chi connectivity index (χ1n) is 20.0. The third kappa shape index (κ3) is 10.7. The number of esters is 5. The SMILES string of the molecule is CC(=O)OCOC(=O)CN1CCOCCOCCOCCOCCOc2cc3c(cc21)C(=O)OC31c2ccc(OCOC(C)=O)cc2C(C)(C)c2cc(OCOC(C)=O)ccc21. The van der Waals surface area contributed by atoms with Crippen molar-refractivity contribution in [1.82, 2.24) is 0 Å². The van der Waals surface area contributed by atoms with Crippen LogP contribution in [0, 0.1) is 0 Å². The smallest absolute Gasteiger partial charge is 0.340 e. The monoisotopic (exact) mass is 865 g/mol. The molecule has 3 aromatic carbocycles. The molecule has 0 saturated heterocycles. The first-order chi connectivity index (χ1) is 29.8. The topological polar surface area (TPSA) is 199 Å². The van der Waals surface area contributed by atoms with Gasteiger partial charge in [0.25, 0.3) is 0 Å². The fraction of sp³-hybridized carbons (Fsp3) is 0.477. The molecule has 6 rings (SSSR count). The van der Waals surface area contributed by atoms with Crippen molar-refractivity contribution in [3.8, 4) is 17.2 Å². The van der Waals surface area contributed by atoms with E-state index >= 15 is 0 Å². The average Bonchev–Trinajstić information content (AvgIpc) is 3.51. The van der Waals surface area contributed by atoms with E-state index in [9.17, 15) is 24.0 Å². The van der Waals surface area contributed by atoms with Crippen molar-refractivity contribution < 1.29 is 80.8 Å². The standard InChI is InChI=1S/C44H51NO17/c1-28(46)56-25-59-31-6-8-34-37(20-31)43(4,5)38-21-32(60-26-57-29(2)47)7-9-35(38)44(34)36-23-40-39(22-33(36)42(50)62-44)45(24-41(49)61-27-58-30(3)48)10-11-51-12-13-52-14-15-53-16-17-54-18-19-55-40/h6-9,20-23H,10-19,24-27H2,1-5H3. The molecule has 0 saturated carbocycles. The first-order valence-corrected chi connectivity index (χ1v) is 20.0. The minimum absolute atomic E-state index is 0.0736. The highest BCUT2D eigenvalue weighted by Gasteiger charge is 2.56. The number of carbonyl (C=O) groups excluding carboxylic acids is 5. The van der Waals surface area contributed by atoms with Crippen LogP contribution in [-0.2, 0) is 72.8 Å². The van der Waals surface area contributed by atoms with E-state index in [0.29, 0.717) is 66.9 Å². The van der Waals surface area contributed by atoms with E-state index in [-0.39, 0.29) is 64.4 Å². The molecule has 18 heteroatoms. The Morgan fingerprint density at radius 2 is 1.10 bits per heavy atom. The normalized spacial score (nSPS) is 17.2. The largest absolute Gasteiger partial charge is 0.489 e. The fourth-order valence-corrected chi connectivity index (χ4v) is 7.38. The van der Waals surface area contributed by atoms with Crippen molar-refractivity contribution in [2.45, 2.75) is 45.6 Å². The van der Waals surface area contributed by atoms with Crippen molar-refractivity contribution in [3.63, 3.8) is 0 Å². The van der Waals surface area contributed by atoms with Crippen LogP contribution in [0.4, 0.5) is 5.69 Å². The van der Waals surface area contributed by atoms with Gasteiger partial charge in [-0.25, -0.2) is 4.79 Å². The van der Waals surface area contributed by atoms with Gasteiger partial charge in [-0.05, 0) is 47.5 Å². The molecule has 2 heterocycles. The predicted octanol–water partition coefficient (Wildman–Crippen LogP) is 3.92. The minimum Gasteiger partial charge on any atom is -0.489 e. The summed E-state index contributed by atoms with van der Waals surface area (Å²) >= 11 is 0. The van der Waals surface area contributed by atoms with Gasteiger partial charge in [-0.1, -0.05) is 26.0 Å². The third-order valence-electron chi connectivity index (χ3n) is 10.3. The van der Waals surface area contributed by atoms with Crippen LogP contribution in [0.2, 0.25) is 0 Å². The zero-order chi connectivity index (χ0) is 44.3. The van der Waals surface area contributed by atoms with Crippen LogP contribution in [0.1, 0.15) is 72.8 Å². The summed E-state index contributed by atoms with van der Waals surface area (Å²) < 4.78 is 67.7. The highest BCUT2D eigenvalue weighted by atomic mass is 16.7. The molecule has 0 amide bonds. The number of benzene rings is 3. The summed E-state index contributed by atoms with van der Waals surface area (Å²) in [5.41, 5.74) is 1.36. The summed E-state index contributed by atoms with van der Waals surface area (Å²) in [6.07, 6.45) is 0. The summed E-state index contributed by atoms with van der Waals surface area (Å²) in [5.74, 6) is -1.94. The molecule has 334 valence electrons. The molecular formula is C44H51NO17. The Bertz CT molecular complexity index is 2040. The number of nitrogens with zero attached hydrogens (tertiary/aromatic N) is 1. The lowest BCUT2D eigenvalue weighted by Crippen LogP contribution is -2.41. The quantitative estimate of drug-likeness (QED) is 0.161. The molecule has 0 N–H and O–H groups in total. The molecule has 18 nitrogen and oxygen atoms in total. The zero-order valence-electron chi connectivity index (χ0n) is 35.4. The van der Waals surface area contributed by atoms with Crippen molar-refractivity contribution >= 4 is 35.5 Å². The van der Waals surface area contributed by atoms with Gasteiger partial charge in [0, 0.05) is 49.4 Å². The van der Waals surface area contributed by atoms with Gasteiger partial charge in [-0.15, -0.1) is 0 Å². The van der Waals surface area contributed by atoms with Gasteiger partial charge in [0.1, 0.15) is 30.4 Å². The van der Waals surface area contributed by atoms with E-state index in [1.807, 2.05) is 38.1 Å². The molecule has 1 aliphatic carbocycles. The van der Waals surface area contributed by atoms with Crippen LogP contribution in [0.15, 0.2) is 48.5 Å². The average molecular weight is 866 g/mol. The Kier molecular flexibility index (Phi) is 15.2.